The van der Waals surface area contributed by atoms with Gasteiger partial charge >= 0.3 is 0 Å². The zero-order chi connectivity index (χ0) is 20.3. The van der Waals surface area contributed by atoms with Crippen LogP contribution in [0, 0.1) is 5.82 Å². The Hall–Kier alpha value is -2.44. The molecule has 5 nitrogen and oxygen atoms in total. The van der Waals surface area contributed by atoms with Crippen LogP contribution in [-0.4, -0.2) is 49.3 Å². The third kappa shape index (κ3) is 4.60. The maximum atomic E-state index is 13.7. The van der Waals surface area contributed by atoms with Crippen LogP contribution < -0.4 is 9.64 Å². The van der Waals surface area contributed by atoms with Crippen molar-refractivity contribution in [1.29, 1.82) is 0 Å². The van der Waals surface area contributed by atoms with Gasteiger partial charge in [0.25, 0.3) is 5.91 Å². The molecule has 2 aliphatic heterocycles. The van der Waals surface area contributed by atoms with Crippen molar-refractivity contribution < 1.29 is 18.7 Å². The third-order valence-corrected chi connectivity index (χ3v) is 5.63. The lowest BCUT2D eigenvalue weighted by Crippen LogP contribution is -2.61. The van der Waals surface area contributed by atoms with E-state index in [2.05, 4.69) is 17.0 Å². The molecule has 1 atom stereocenters. The second kappa shape index (κ2) is 8.51. The number of morpholine rings is 1. The highest BCUT2D eigenvalue weighted by molar-refractivity contribution is 5.95. The molecular weight excluding hydrogens is 371 g/mol. The van der Waals surface area contributed by atoms with Gasteiger partial charge in [0.1, 0.15) is 18.2 Å². The number of hydrogen-bond donors (Lipinski definition) is 0. The van der Waals surface area contributed by atoms with E-state index in [1.807, 2.05) is 19.1 Å². The monoisotopic (exact) mass is 398 g/mol. The number of carbonyl (C=O) groups is 1. The summed E-state index contributed by atoms with van der Waals surface area (Å²) in [7, 11) is 0. The van der Waals surface area contributed by atoms with Crippen LogP contribution >= 0.6 is 0 Å². The summed E-state index contributed by atoms with van der Waals surface area (Å²) in [5.74, 6) is 0.424. The van der Waals surface area contributed by atoms with Gasteiger partial charge in [0.15, 0.2) is 0 Å². The molecule has 2 aliphatic rings. The summed E-state index contributed by atoms with van der Waals surface area (Å²) in [5.41, 5.74) is 1.41. The quantitative estimate of drug-likeness (QED) is 0.772. The summed E-state index contributed by atoms with van der Waals surface area (Å²) in [4.78, 5) is 16.5. The van der Waals surface area contributed by atoms with Crippen LogP contribution in [0.15, 0.2) is 48.5 Å². The molecule has 1 amide bonds. The Kier molecular flexibility index (Phi) is 5.83. The van der Waals surface area contributed by atoms with Crippen LogP contribution in [0.5, 0.6) is 5.75 Å². The lowest BCUT2D eigenvalue weighted by Gasteiger charge is -2.47. The molecule has 4 rings (SSSR count). The minimum absolute atomic E-state index is 0.0351. The van der Waals surface area contributed by atoms with Crippen LogP contribution in [-0.2, 0) is 16.1 Å². The summed E-state index contributed by atoms with van der Waals surface area (Å²) in [5, 5.41) is 0. The minimum Gasteiger partial charge on any atom is -0.494 e. The summed E-state index contributed by atoms with van der Waals surface area (Å²) >= 11 is 0. The molecule has 2 saturated heterocycles. The largest absolute Gasteiger partial charge is 0.494 e. The molecule has 0 saturated carbocycles. The molecule has 0 radical (unpaired) electrons. The third-order valence-electron chi connectivity index (χ3n) is 5.63. The van der Waals surface area contributed by atoms with E-state index in [-0.39, 0.29) is 18.3 Å². The smallest absolute Gasteiger partial charge is 0.253 e. The first kappa shape index (κ1) is 19.9. The Labute approximate surface area is 171 Å². The van der Waals surface area contributed by atoms with Crippen LogP contribution in [0.25, 0.3) is 0 Å². The van der Waals surface area contributed by atoms with Gasteiger partial charge in [-0.2, -0.15) is 0 Å². The Morgan fingerprint density at radius 3 is 2.76 bits per heavy atom. The Morgan fingerprint density at radius 2 is 2.00 bits per heavy atom. The first-order valence-electron chi connectivity index (χ1n) is 10.2. The van der Waals surface area contributed by atoms with Crippen molar-refractivity contribution in [2.75, 3.05) is 37.7 Å². The number of rotatable bonds is 5. The van der Waals surface area contributed by atoms with Crippen molar-refractivity contribution in [2.24, 2.45) is 0 Å². The number of anilines is 1. The van der Waals surface area contributed by atoms with Gasteiger partial charge in [-0.05, 0) is 62.2 Å². The molecule has 1 spiro atoms. The van der Waals surface area contributed by atoms with Crippen molar-refractivity contribution in [3.63, 3.8) is 0 Å². The Bertz CT molecular complexity index is 857. The average Bonchev–Trinajstić information content (AvgIpc) is 2.72. The number of halogens is 1. The zero-order valence-electron chi connectivity index (χ0n) is 16.8. The molecule has 0 aliphatic carbocycles. The second-order valence-corrected chi connectivity index (χ2v) is 7.82. The van der Waals surface area contributed by atoms with Crippen molar-refractivity contribution in [3.8, 4) is 5.75 Å². The van der Waals surface area contributed by atoms with E-state index in [1.54, 1.807) is 17.0 Å². The zero-order valence-corrected chi connectivity index (χ0v) is 16.8. The highest BCUT2D eigenvalue weighted by atomic mass is 19.1. The van der Waals surface area contributed by atoms with Crippen molar-refractivity contribution in [3.05, 3.63) is 59.9 Å². The van der Waals surface area contributed by atoms with Gasteiger partial charge in [0.05, 0.1) is 18.8 Å². The number of piperidine rings is 1. The molecule has 154 valence electrons. The number of ether oxygens (including phenoxy) is 2. The van der Waals surface area contributed by atoms with Crippen LogP contribution in [0.2, 0.25) is 0 Å². The number of benzene rings is 2. The predicted molar refractivity (Wildman–Crippen MR) is 110 cm³/mol. The standard InChI is InChI=1S/C23H27FN2O3/c1-2-28-21-9-7-18(8-10-21)14-25-12-4-11-23(16-25)17-26(22(27)15-29-23)20-6-3-5-19(24)13-20/h3,5-10,13H,2,4,11-12,14-17H2,1H3. The van der Waals surface area contributed by atoms with Gasteiger partial charge < -0.3 is 14.4 Å². The molecule has 0 bridgehead atoms. The summed E-state index contributed by atoms with van der Waals surface area (Å²) in [6, 6.07) is 14.4. The molecule has 6 heteroatoms. The SMILES string of the molecule is CCOc1ccc(CN2CCCC3(C2)CN(c2cccc(F)c2)C(=O)CO3)cc1. The fraction of sp³-hybridized carbons (Fsp3) is 0.435. The van der Waals surface area contributed by atoms with Crippen molar-refractivity contribution >= 4 is 11.6 Å². The fourth-order valence-corrected chi connectivity index (χ4v) is 4.28. The lowest BCUT2D eigenvalue weighted by atomic mass is 9.90. The normalized spacial score (nSPS) is 22.8. The molecule has 2 aromatic rings. The first-order valence-corrected chi connectivity index (χ1v) is 10.2. The van der Waals surface area contributed by atoms with Crippen LogP contribution in [0.4, 0.5) is 10.1 Å². The second-order valence-electron chi connectivity index (χ2n) is 7.82. The molecule has 2 aromatic carbocycles. The van der Waals surface area contributed by atoms with E-state index in [4.69, 9.17) is 9.47 Å². The topological polar surface area (TPSA) is 42.0 Å². The molecule has 29 heavy (non-hydrogen) atoms. The van der Waals surface area contributed by atoms with E-state index >= 15 is 0 Å². The predicted octanol–water partition coefficient (Wildman–Crippen LogP) is 3.62. The first-order chi connectivity index (χ1) is 14.1. The lowest BCUT2D eigenvalue weighted by molar-refractivity contribution is -0.146. The Morgan fingerprint density at radius 1 is 1.17 bits per heavy atom. The van der Waals surface area contributed by atoms with Crippen LogP contribution in [0.3, 0.4) is 0 Å². The average molecular weight is 398 g/mol. The number of amides is 1. The molecule has 2 fully saturated rings. The molecule has 0 N–H and O–H groups in total. The maximum Gasteiger partial charge on any atom is 0.253 e. The summed E-state index contributed by atoms with van der Waals surface area (Å²) in [6.45, 7) is 5.69. The van der Waals surface area contributed by atoms with E-state index in [0.29, 0.717) is 18.8 Å². The summed E-state index contributed by atoms with van der Waals surface area (Å²) < 4.78 is 25.3. The van der Waals surface area contributed by atoms with Gasteiger partial charge in [0, 0.05) is 18.8 Å². The maximum absolute atomic E-state index is 13.7. The number of carbonyl (C=O) groups excluding carboxylic acids is 1. The van der Waals surface area contributed by atoms with E-state index < -0.39 is 5.60 Å². The van der Waals surface area contributed by atoms with E-state index in [0.717, 1.165) is 38.2 Å². The van der Waals surface area contributed by atoms with Gasteiger partial charge in [-0.25, -0.2) is 4.39 Å². The number of likely N-dealkylation sites (tertiary alicyclic amines) is 1. The van der Waals surface area contributed by atoms with Gasteiger partial charge in [-0.1, -0.05) is 18.2 Å². The number of nitrogens with zero attached hydrogens (tertiary/aromatic N) is 2. The molecule has 2 heterocycles. The molecule has 0 aromatic heterocycles. The van der Waals surface area contributed by atoms with E-state index in [1.165, 1.54) is 17.7 Å². The van der Waals surface area contributed by atoms with Gasteiger partial charge in [0.2, 0.25) is 0 Å². The van der Waals surface area contributed by atoms with Crippen molar-refractivity contribution in [1.82, 2.24) is 4.90 Å². The molecular formula is C23H27FN2O3. The highest BCUT2D eigenvalue weighted by Crippen LogP contribution is 2.32. The Balaban J connectivity index is 1.45. The summed E-state index contributed by atoms with van der Waals surface area (Å²) in [6.07, 6.45) is 1.90. The van der Waals surface area contributed by atoms with Gasteiger partial charge in [-0.3, -0.25) is 9.69 Å². The van der Waals surface area contributed by atoms with Gasteiger partial charge in [-0.15, -0.1) is 0 Å². The van der Waals surface area contributed by atoms with E-state index in [9.17, 15) is 9.18 Å². The number of hydrogen-bond acceptors (Lipinski definition) is 4. The fourth-order valence-electron chi connectivity index (χ4n) is 4.28. The van der Waals surface area contributed by atoms with Crippen LogP contribution in [0.1, 0.15) is 25.3 Å². The molecule has 1 unspecified atom stereocenters. The van der Waals surface area contributed by atoms with Crippen molar-refractivity contribution in [2.45, 2.75) is 31.9 Å². The minimum atomic E-state index is -0.413. The highest BCUT2D eigenvalue weighted by Gasteiger charge is 2.43.